The number of ether oxygens (including phenoxy) is 2. The van der Waals surface area contributed by atoms with Crippen molar-refractivity contribution >= 4 is 39.0 Å². The van der Waals surface area contributed by atoms with Crippen LogP contribution in [0.15, 0.2) is 85.9 Å². The van der Waals surface area contributed by atoms with Gasteiger partial charge in [0.2, 0.25) is 0 Å². The van der Waals surface area contributed by atoms with Crippen LogP contribution in [0.1, 0.15) is 64.5 Å². The van der Waals surface area contributed by atoms with Crippen LogP contribution in [0.3, 0.4) is 0 Å². The van der Waals surface area contributed by atoms with E-state index in [-0.39, 0.29) is 0 Å². The zero-order valence-electron chi connectivity index (χ0n) is 31.5. The molecule has 52 heavy (non-hydrogen) atoms. The second kappa shape index (κ2) is 19.0. The number of hydrogen-bond donors (Lipinski definition) is 2. The number of methoxy groups -OCH3 is 1. The molecule has 1 aromatic rings. The van der Waals surface area contributed by atoms with Gasteiger partial charge in [0.15, 0.2) is 0 Å². The van der Waals surface area contributed by atoms with E-state index in [1.807, 2.05) is 25.2 Å². The fourth-order valence-corrected chi connectivity index (χ4v) is 8.78. The van der Waals surface area contributed by atoms with Crippen LogP contribution in [-0.4, -0.2) is 101 Å². The van der Waals surface area contributed by atoms with E-state index in [4.69, 9.17) is 14.5 Å². The van der Waals surface area contributed by atoms with E-state index in [1.165, 1.54) is 35.3 Å². The van der Waals surface area contributed by atoms with Gasteiger partial charge >= 0.3 is 311 Å². The Morgan fingerprint density at radius 2 is 1.96 bits per heavy atom. The third-order valence-electron chi connectivity index (χ3n) is 9.80. The van der Waals surface area contributed by atoms with E-state index in [1.54, 1.807) is 33.7 Å². The van der Waals surface area contributed by atoms with E-state index in [0.29, 0.717) is 22.8 Å². The third-order valence-corrected chi connectivity index (χ3v) is 12.5. The van der Waals surface area contributed by atoms with E-state index >= 15 is 0 Å². The number of morpholine rings is 1. The Labute approximate surface area is 327 Å². The molecule has 0 amide bonds. The number of aromatic nitrogens is 3. The maximum absolute atomic E-state index is 13.7. The Kier molecular flexibility index (Phi) is 14.8. The molecule has 0 spiro atoms. The zero-order valence-corrected chi connectivity index (χ0v) is 35.4. The molecule has 2 N–H and O–H groups in total. The van der Waals surface area contributed by atoms with E-state index in [2.05, 4.69) is 88.7 Å². The number of hydrogen-bond acceptors (Lipinski definition) is 9. The monoisotopic (exact) mass is 831 g/mol. The van der Waals surface area contributed by atoms with Crippen LogP contribution in [0.5, 0.6) is 0 Å². The summed E-state index contributed by atoms with van der Waals surface area (Å²) >= 11 is 6.27. The molecule has 0 saturated carbocycles. The molecule has 1 atom stereocenters. The summed E-state index contributed by atoms with van der Waals surface area (Å²) in [6, 6.07) is 0.625. The van der Waals surface area contributed by atoms with Crippen LogP contribution < -0.4 is 10.6 Å². The summed E-state index contributed by atoms with van der Waals surface area (Å²) in [5.74, 6) is 1.47. The first-order chi connectivity index (χ1) is 25.0. The molecule has 4 aliphatic rings. The Balaban J connectivity index is 1.40. The molecule has 0 bridgehead atoms. The average Bonchev–Trinajstić information content (AvgIpc) is 3.28. The molecular formula is C38H54BrN8O3PV. The van der Waals surface area contributed by atoms with Gasteiger partial charge in [0, 0.05) is 0 Å². The predicted octanol–water partition coefficient (Wildman–Crippen LogP) is 6.56. The van der Waals surface area contributed by atoms with Crippen LogP contribution in [-0.2, 0) is 38.1 Å². The van der Waals surface area contributed by atoms with Gasteiger partial charge in [-0.05, 0) is 0 Å². The Morgan fingerprint density at radius 1 is 1.17 bits per heavy atom. The first kappa shape index (κ1) is 40.5. The number of aryl methyl sites for hydroxylation is 1. The molecule has 0 radical (unpaired) electrons. The molecule has 281 valence electrons. The average molecular weight is 833 g/mol. The molecule has 14 heteroatoms. The molecule has 5 rings (SSSR count). The van der Waals surface area contributed by atoms with Gasteiger partial charge in [0.05, 0.1) is 13.2 Å². The van der Waals surface area contributed by atoms with Crippen molar-refractivity contribution in [1.29, 1.82) is 0 Å². The van der Waals surface area contributed by atoms with E-state index < -0.39 is 7.14 Å². The molecule has 0 aromatic carbocycles. The molecule has 1 unspecified atom stereocenters. The second-order valence-corrected chi connectivity index (χ2v) is 18.4. The summed E-state index contributed by atoms with van der Waals surface area (Å²) in [6.07, 6.45) is 21.1. The van der Waals surface area contributed by atoms with E-state index in [9.17, 15) is 4.57 Å². The topological polar surface area (TPSA) is 109 Å². The van der Waals surface area contributed by atoms with Gasteiger partial charge in [-0.25, -0.2) is 0 Å². The van der Waals surface area contributed by atoms with Crippen molar-refractivity contribution in [2.75, 3.05) is 59.8 Å². The van der Waals surface area contributed by atoms with Crippen molar-refractivity contribution in [2.24, 2.45) is 12.0 Å². The van der Waals surface area contributed by atoms with Crippen molar-refractivity contribution in [3.63, 3.8) is 0 Å². The second-order valence-electron chi connectivity index (χ2n) is 13.7. The summed E-state index contributed by atoms with van der Waals surface area (Å²) in [5.41, 5.74) is 5.97. The van der Waals surface area contributed by atoms with Crippen molar-refractivity contribution in [3.05, 3.63) is 86.6 Å². The normalized spacial score (nSPS) is 23.2. The Morgan fingerprint density at radius 3 is 2.63 bits per heavy atom. The number of likely N-dealkylation sites (tertiary alicyclic amines) is 1. The van der Waals surface area contributed by atoms with Crippen molar-refractivity contribution < 1.29 is 31.0 Å². The number of nitrogens with one attached hydrogen (secondary N) is 2. The molecular weight excluding hydrogens is 778 g/mol. The van der Waals surface area contributed by atoms with Gasteiger partial charge in [-0.15, -0.1) is 0 Å². The summed E-state index contributed by atoms with van der Waals surface area (Å²) < 4.78 is 26.7. The summed E-state index contributed by atoms with van der Waals surface area (Å²) in [6.45, 7) is 13.6. The molecule has 2 fully saturated rings. The first-order valence-electron chi connectivity index (χ1n) is 18.3. The number of rotatable bonds is 11. The summed E-state index contributed by atoms with van der Waals surface area (Å²) in [4.78, 5) is 11.8. The standard InChI is InChI=1S/C38H54BrN8O3P.V/c1-7-28-24-33(36(49-4)16-10-15-35(28)47-18-11-13-30(17-19-47)46-20-22-50-23-21-46)40-27-41-38(31(39)8-2)43-32-14-9-12-29(25-37(32)51(5,6)48)34-26-42-45(3)44-34;/h8-9,14-15,24-26,30,40H,7,10-13,16-23H2,1-6H3,(H,41,43);/b28-24?,31-8?,35-15?,36-33-;. The van der Waals surface area contributed by atoms with Crippen molar-refractivity contribution in [2.45, 2.75) is 64.8 Å². The van der Waals surface area contributed by atoms with Crippen LogP contribution in [0, 0.1) is 0 Å². The fourth-order valence-electron chi connectivity index (χ4n) is 7.07. The third kappa shape index (κ3) is 10.7. The molecule has 2 aliphatic heterocycles. The molecule has 2 saturated heterocycles. The molecule has 1 aromatic heterocycles. The summed E-state index contributed by atoms with van der Waals surface area (Å²) in [5, 5.41) is 16.5. The van der Waals surface area contributed by atoms with Crippen LogP contribution in [0.2, 0.25) is 0 Å². The van der Waals surface area contributed by atoms with E-state index in [0.717, 1.165) is 96.9 Å². The molecule has 2 aliphatic carbocycles. The van der Waals surface area contributed by atoms with Gasteiger partial charge in [0.1, 0.15) is 0 Å². The molecule has 11 nitrogen and oxygen atoms in total. The SMILES string of the molecule is CC=C(Br)C(=N[C](=[V])N/C1=C(\OC)CCC=C(N2CCCC(N3CCOCC3)CC2)C(CC)=C1)NC1=C(P(C)(C)=O)C=C(c2cnn(C)n2)CC=C1. The Hall–Kier alpha value is -2.73. The van der Waals surface area contributed by atoms with Crippen molar-refractivity contribution in [3.8, 4) is 0 Å². The quantitative estimate of drug-likeness (QED) is 0.146. The summed E-state index contributed by atoms with van der Waals surface area (Å²) in [7, 11) is 0.805. The number of amidine groups is 1. The predicted molar refractivity (Wildman–Crippen MR) is 212 cm³/mol. The number of aliphatic imine (C=N–C) groups is 1. The number of halogens is 1. The van der Waals surface area contributed by atoms with Crippen molar-refractivity contribution in [1.82, 2.24) is 35.4 Å². The van der Waals surface area contributed by atoms with Crippen LogP contribution >= 0.6 is 23.1 Å². The van der Waals surface area contributed by atoms with Gasteiger partial charge in [-0.2, -0.15) is 0 Å². The van der Waals surface area contributed by atoms with Crippen LogP contribution in [0.25, 0.3) is 5.57 Å². The minimum absolute atomic E-state index is 0.581. The fraction of sp³-hybridized carbons (Fsp3) is 0.526. The zero-order chi connectivity index (χ0) is 37.3. The van der Waals surface area contributed by atoms with Gasteiger partial charge in [-0.3, -0.25) is 0 Å². The van der Waals surface area contributed by atoms with Crippen LogP contribution in [0.4, 0.5) is 0 Å². The molecule has 3 heterocycles. The first-order valence-corrected chi connectivity index (χ1v) is 22.4. The van der Waals surface area contributed by atoms with Gasteiger partial charge in [0.25, 0.3) is 0 Å². The van der Waals surface area contributed by atoms with Gasteiger partial charge < -0.3 is 4.74 Å². The number of allylic oxidation sites excluding steroid dienone is 10. The Bertz CT molecular complexity index is 1780. The number of nitrogens with zero attached hydrogens (tertiary/aromatic N) is 6. The van der Waals surface area contributed by atoms with Gasteiger partial charge in [-0.1, -0.05) is 0 Å². The minimum atomic E-state index is -2.73. The maximum atomic E-state index is 13.7.